The fourth-order valence-electron chi connectivity index (χ4n) is 5.81. The highest BCUT2D eigenvalue weighted by molar-refractivity contribution is 6.06. The molecule has 0 atom stereocenters. The van der Waals surface area contributed by atoms with Crippen LogP contribution in [0.25, 0.3) is 33.8 Å². The molecule has 1 heterocycles. The van der Waals surface area contributed by atoms with E-state index in [0.717, 1.165) is 36.5 Å². The molecule has 5 rings (SSSR count). The summed E-state index contributed by atoms with van der Waals surface area (Å²) in [5.41, 5.74) is 9.38. The Balaban J connectivity index is 1.67. The molecule has 1 aliphatic rings. The van der Waals surface area contributed by atoms with Crippen molar-refractivity contribution in [2.24, 2.45) is 0 Å². The van der Waals surface area contributed by atoms with Crippen LogP contribution >= 0.6 is 0 Å². The van der Waals surface area contributed by atoms with Gasteiger partial charge in [-0.25, -0.2) is 4.79 Å². The van der Waals surface area contributed by atoms with Gasteiger partial charge in [0.05, 0.1) is 11.2 Å². The van der Waals surface area contributed by atoms with Crippen molar-refractivity contribution < 1.29 is 28.5 Å². The van der Waals surface area contributed by atoms with E-state index in [0.29, 0.717) is 11.5 Å². The average Bonchev–Trinajstić information content (AvgIpc) is 3.37. The van der Waals surface area contributed by atoms with Gasteiger partial charge in [-0.1, -0.05) is 55.1 Å². The van der Waals surface area contributed by atoms with Gasteiger partial charge in [0.1, 0.15) is 37.9 Å². The highest BCUT2D eigenvalue weighted by Gasteiger charge is 2.27. The lowest BCUT2D eigenvalue weighted by atomic mass is 9.86. The van der Waals surface area contributed by atoms with E-state index in [1.807, 2.05) is 25.1 Å². The highest BCUT2D eigenvalue weighted by Crippen LogP contribution is 2.45. The summed E-state index contributed by atoms with van der Waals surface area (Å²) >= 11 is 0. The van der Waals surface area contributed by atoms with Crippen LogP contribution in [0.2, 0.25) is 0 Å². The van der Waals surface area contributed by atoms with E-state index in [1.54, 1.807) is 6.07 Å². The molecule has 0 radical (unpaired) electrons. The first-order chi connectivity index (χ1) is 21.4. The molecule has 0 bridgehead atoms. The van der Waals surface area contributed by atoms with Gasteiger partial charge in [-0.15, -0.1) is 6.58 Å². The minimum atomic E-state index is -0.504. The number of esters is 2. The molecule has 0 saturated carbocycles. The molecule has 44 heavy (non-hydrogen) atoms. The molecule has 1 aliphatic carbocycles. The molecule has 0 N–H and O–H groups in total. The molecule has 0 unspecified atom stereocenters. The number of benzene rings is 3. The first-order valence-corrected chi connectivity index (χ1v) is 14.8. The third-order valence-electron chi connectivity index (χ3n) is 7.52. The summed E-state index contributed by atoms with van der Waals surface area (Å²) in [7, 11) is 0. The Kier molecular flexibility index (Phi) is 9.65. The van der Waals surface area contributed by atoms with E-state index in [1.165, 1.54) is 45.8 Å². The largest absolute Gasteiger partial charge is 0.490 e. The number of hydrogen-bond acceptors (Lipinski definition) is 6. The second-order valence-corrected chi connectivity index (χ2v) is 10.4. The topological polar surface area (TPSA) is 76.0 Å². The maximum atomic E-state index is 11.5. The lowest BCUT2D eigenvalue weighted by Crippen LogP contribution is -2.12. The zero-order valence-electron chi connectivity index (χ0n) is 25.3. The minimum Gasteiger partial charge on any atom is -0.490 e. The monoisotopic (exact) mass is 591 g/mol. The van der Waals surface area contributed by atoms with E-state index < -0.39 is 5.97 Å². The number of hydrogen-bond donors (Lipinski definition) is 0. The van der Waals surface area contributed by atoms with Crippen LogP contribution in [0.1, 0.15) is 36.2 Å². The van der Waals surface area contributed by atoms with Crippen molar-refractivity contribution >= 4 is 28.9 Å². The SMILES string of the molecule is C=CCc1ccc2c(c1/C=C\C)c1c(n2-c2cc(OCCOC(C)=O)cc(OCCOC(=O)C=C)c2)CCc2ccccc2-1. The number of ether oxygens (including phenoxy) is 4. The summed E-state index contributed by atoms with van der Waals surface area (Å²) < 4.78 is 24.5. The van der Waals surface area contributed by atoms with E-state index in [-0.39, 0.29) is 32.4 Å². The normalized spacial score (nSPS) is 12.0. The van der Waals surface area contributed by atoms with Crippen molar-refractivity contribution in [2.45, 2.75) is 33.1 Å². The van der Waals surface area contributed by atoms with Gasteiger partial charge in [0.25, 0.3) is 0 Å². The van der Waals surface area contributed by atoms with Crippen LogP contribution in [-0.4, -0.2) is 42.9 Å². The molecule has 4 aromatic rings. The Labute approximate surface area is 258 Å². The second-order valence-electron chi connectivity index (χ2n) is 10.4. The van der Waals surface area contributed by atoms with Crippen LogP contribution in [0.15, 0.2) is 86.0 Å². The zero-order valence-corrected chi connectivity index (χ0v) is 25.3. The molecule has 0 spiro atoms. The Morgan fingerprint density at radius 2 is 1.64 bits per heavy atom. The number of carbonyl (C=O) groups excluding carboxylic acids is 2. The quantitative estimate of drug-likeness (QED) is 0.0708. The standard InChI is InChI=1S/C37H37NO6/c1-5-10-26-14-16-33-36(31(26)11-6-2)37-32-13-9-8-12-27(32)15-17-34(37)38(33)28-22-29(42-19-18-41-25(4)39)24-30(23-28)43-20-21-44-35(40)7-3/h5-9,11-14,16,22-24H,1,3,10,15,17-21H2,2,4H3/b11-6-. The molecular formula is C37H37NO6. The van der Waals surface area contributed by atoms with Gasteiger partial charge < -0.3 is 23.5 Å². The van der Waals surface area contributed by atoms with E-state index in [2.05, 4.69) is 66.3 Å². The number of fused-ring (bicyclic) bond motifs is 5. The molecule has 0 saturated heterocycles. The Bertz CT molecular complexity index is 1740. The number of carbonyl (C=O) groups is 2. The first kappa shape index (κ1) is 30.4. The summed E-state index contributed by atoms with van der Waals surface area (Å²) in [6.45, 7) is 11.4. The van der Waals surface area contributed by atoms with E-state index in [9.17, 15) is 9.59 Å². The smallest absolute Gasteiger partial charge is 0.330 e. The van der Waals surface area contributed by atoms with Crippen molar-refractivity contribution in [3.63, 3.8) is 0 Å². The molecular weight excluding hydrogens is 554 g/mol. The zero-order chi connectivity index (χ0) is 31.1. The molecule has 0 fully saturated rings. The van der Waals surface area contributed by atoms with Crippen LogP contribution in [0.3, 0.4) is 0 Å². The number of aromatic nitrogens is 1. The Morgan fingerprint density at radius 1 is 0.909 bits per heavy atom. The van der Waals surface area contributed by atoms with Crippen molar-refractivity contribution in [1.82, 2.24) is 4.57 Å². The molecule has 0 amide bonds. The fourth-order valence-corrected chi connectivity index (χ4v) is 5.81. The summed E-state index contributed by atoms with van der Waals surface area (Å²) in [6.07, 6.45) is 9.89. The summed E-state index contributed by atoms with van der Waals surface area (Å²) in [5, 5.41) is 1.20. The third-order valence-corrected chi connectivity index (χ3v) is 7.52. The number of aryl methyl sites for hydroxylation is 1. The van der Waals surface area contributed by atoms with Crippen LogP contribution in [0, 0.1) is 0 Å². The van der Waals surface area contributed by atoms with Gasteiger partial charge in [0.15, 0.2) is 0 Å². The number of rotatable bonds is 13. The van der Waals surface area contributed by atoms with Crippen LogP contribution < -0.4 is 9.47 Å². The lowest BCUT2D eigenvalue weighted by molar-refractivity contribution is -0.141. The summed E-state index contributed by atoms with van der Waals surface area (Å²) in [6, 6.07) is 18.7. The highest BCUT2D eigenvalue weighted by atomic mass is 16.6. The molecule has 7 heteroatoms. The Morgan fingerprint density at radius 3 is 2.32 bits per heavy atom. The van der Waals surface area contributed by atoms with Crippen LogP contribution in [0.5, 0.6) is 11.5 Å². The van der Waals surface area contributed by atoms with Gasteiger partial charge in [-0.05, 0) is 54.5 Å². The summed E-state index contributed by atoms with van der Waals surface area (Å²) in [5.74, 6) is 0.258. The molecule has 3 aromatic carbocycles. The maximum absolute atomic E-state index is 11.5. The predicted molar refractivity (Wildman–Crippen MR) is 174 cm³/mol. The van der Waals surface area contributed by atoms with E-state index in [4.69, 9.17) is 18.9 Å². The third kappa shape index (κ3) is 6.47. The second kappa shape index (κ2) is 14.0. The van der Waals surface area contributed by atoms with E-state index >= 15 is 0 Å². The Hall–Kier alpha value is -5.04. The fraction of sp³-hybridized carbons (Fsp3) is 0.243. The lowest BCUT2D eigenvalue weighted by Gasteiger charge is -2.20. The minimum absolute atomic E-state index is 0.0785. The molecule has 1 aromatic heterocycles. The van der Waals surface area contributed by atoms with Gasteiger partial charge >= 0.3 is 11.9 Å². The summed E-state index contributed by atoms with van der Waals surface area (Å²) in [4.78, 5) is 22.8. The van der Waals surface area contributed by atoms with Gasteiger partial charge in [0, 0.05) is 47.8 Å². The molecule has 7 nitrogen and oxygen atoms in total. The van der Waals surface area contributed by atoms with Crippen LogP contribution in [0.4, 0.5) is 0 Å². The van der Waals surface area contributed by atoms with Crippen molar-refractivity contribution in [3.05, 3.63) is 108 Å². The average molecular weight is 592 g/mol. The van der Waals surface area contributed by atoms with Crippen LogP contribution in [-0.2, 0) is 38.3 Å². The van der Waals surface area contributed by atoms with Gasteiger partial charge in [0.2, 0.25) is 0 Å². The maximum Gasteiger partial charge on any atom is 0.330 e. The van der Waals surface area contributed by atoms with Crippen molar-refractivity contribution in [2.75, 3.05) is 26.4 Å². The van der Waals surface area contributed by atoms with Gasteiger partial charge in [-0.2, -0.15) is 0 Å². The predicted octanol–water partition coefficient (Wildman–Crippen LogP) is 7.21. The number of nitrogens with zero attached hydrogens (tertiary/aromatic N) is 1. The van der Waals surface area contributed by atoms with Crippen molar-refractivity contribution in [3.8, 4) is 28.3 Å². The number of allylic oxidation sites excluding steroid dienone is 2. The first-order valence-electron chi connectivity index (χ1n) is 14.8. The van der Waals surface area contributed by atoms with Crippen molar-refractivity contribution in [1.29, 1.82) is 0 Å². The molecule has 0 aliphatic heterocycles. The molecule has 226 valence electrons. The van der Waals surface area contributed by atoms with Gasteiger partial charge in [-0.3, -0.25) is 4.79 Å².